The summed E-state index contributed by atoms with van der Waals surface area (Å²) in [5.41, 5.74) is 12.7. The number of imidazole rings is 1. The third-order valence-corrected chi connectivity index (χ3v) is 10.8. The SMILES string of the molecule is CC.CC.CC.CC1=C(C=O)CC=CC2[C@@H](CC(=O)c3cc(C(=O)CCc4cccc(CCC5=C(N)C(=O)C(C)C5)c4)nc4cncn34)CCC12C. The van der Waals surface area contributed by atoms with Gasteiger partial charge in [0.15, 0.2) is 23.0 Å². The Morgan fingerprint density at radius 2 is 1.71 bits per heavy atom. The van der Waals surface area contributed by atoms with Gasteiger partial charge in [-0.15, -0.1) is 0 Å². The second-order valence-corrected chi connectivity index (χ2v) is 13.6. The third kappa shape index (κ3) is 9.12. The van der Waals surface area contributed by atoms with Crippen LogP contribution in [0, 0.1) is 23.2 Å². The summed E-state index contributed by atoms with van der Waals surface area (Å²) in [5, 5.41) is 0. The predicted octanol–water partition coefficient (Wildman–Crippen LogP) is 9.46. The molecule has 0 amide bonds. The van der Waals surface area contributed by atoms with E-state index < -0.39 is 0 Å². The fraction of sp³-hybridized carbons (Fsp3) is 0.500. The number of hydrogen-bond acceptors (Lipinski definition) is 7. The van der Waals surface area contributed by atoms with Crippen molar-refractivity contribution in [2.75, 3.05) is 0 Å². The first-order valence-corrected chi connectivity index (χ1v) is 19.4. The second kappa shape index (κ2) is 19.4. The fourth-order valence-corrected chi connectivity index (χ4v) is 7.87. The minimum absolute atomic E-state index is 0.0323. The van der Waals surface area contributed by atoms with Gasteiger partial charge in [-0.2, -0.15) is 0 Å². The van der Waals surface area contributed by atoms with Gasteiger partial charge in [-0.25, -0.2) is 9.97 Å². The first-order valence-electron chi connectivity index (χ1n) is 19.4. The summed E-state index contributed by atoms with van der Waals surface area (Å²) in [6, 6.07) is 9.81. The van der Waals surface area contributed by atoms with Crippen molar-refractivity contribution in [3.05, 3.63) is 99.9 Å². The Morgan fingerprint density at radius 3 is 2.37 bits per heavy atom. The number of ketones is 3. The molecule has 52 heavy (non-hydrogen) atoms. The maximum Gasteiger partial charge on any atom is 0.181 e. The van der Waals surface area contributed by atoms with E-state index in [-0.39, 0.29) is 52.6 Å². The summed E-state index contributed by atoms with van der Waals surface area (Å²) < 4.78 is 1.68. The van der Waals surface area contributed by atoms with Gasteiger partial charge < -0.3 is 5.73 Å². The van der Waals surface area contributed by atoms with Gasteiger partial charge in [0.05, 0.1) is 17.6 Å². The van der Waals surface area contributed by atoms with Crippen molar-refractivity contribution in [1.82, 2.24) is 14.4 Å². The van der Waals surface area contributed by atoms with Crippen molar-refractivity contribution in [2.24, 2.45) is 28.9 Å². The molecule has 0 radical (unpaired) electrons. The predicted molar refractivity (Wildman–Crippen MR) is 210 cm³/mol. The van der Waals surface area contributed by atoms with E-state index in [0.717, 1.165) is 66.2 Å². The van der Waals surface area contributed by atoms with Crippen molar-refractivity contribution >= 4 is 29.3 Å². The van der Waals surface area contributed by atoms with Gasteiger partial charge in [0.1, 0.15) is 18.3 Å². The molecule has 4 atom stereocenters. The summed E-state index contributed by atoms with van der Waals surface area (Å²) in [4.78, 5) is 59.9. The van der Waals surface area contributed by atoms with Crippen LogP contribution in [0.5, 0.6) is 0 Å². The summed E-state index contributed by atoms with van der Waals surface area (Å²) in [6.07, 6.45) is 14.3. The van der Waals surface area contributed by atoms with Gasteiger partial charge in [0.25, 0.3) is 0 Å². The van der Waals surface area contributed by atoms with Gasteiger partial charge in [0, 0.05) is 18.8 Å². The Bertz CT molecular complexity index is 1830. The number of allylic oxidation sites excluding steroid dienone is 6. The van der Waals surface area contributed by atoms with E-state index in [0.29, 0.717) is 36.3 Å². The number of nitrogens with zero attached hydrogens (tertiary/aromatic N) is 3. The maximum atomic E-state index is 13.9. The van der Waals surface area contributed by atoms with E-state index in [1.807, 2.05) is 60.6 Å². The molecule has 2 N–H and O–H groups in total. The number of rotatable bonds is 11. The number of carbonyl (C=O) groups is 4. The average Bonchev–Trinajstić information content (AvgIpc) is 3.83. The Hall–Kier alpha value is -4.46. The first kappa shape index (κ1) is 42.0. The number of aldehydes is 1. The van der Waals surface area contributed by atoms with Crippen LogP contribution in [0.2, 0.25) is 0 Å². The van der Waals surface area contributed by atoms with Gasteiger partial charge in [0.2, 0.25) is 0 Å². The summed E-state index contributed by atoms with van der Waals surface area (Å²) in [5.74, 6) is 0.166. The molecule has 0 aliphatic heterocycles. The number of Topliss-reactive ketones (excluding diaryl/α,β-unsaturated/α-hetero) is 3. The lowest BCUT2D eigenvalue weighted by atomic mass is 9.71. The average molecular weight is 709 g/mol. The van der Waals surface area contributed by atoms with Crippen LogP contribution >= 0.6 is 0 Å². The maximum absolute atomic E-state index is 13.9. The number of carbonyl (C=O) groups excluding carboxylic acids is 4. The van der Waals surface area contributed by atoms with Crippen LogP contribution in [0.25, 0.3) is 5.65 Å². The Labute approximate surface area is 311 Å². The standard InChI is InChI=1S/C38H42N4O4.3C2H6/c1-23-16-28(36(39)37(23)46)12-10-25-6-4-7-26(17-25)11-13-33(44)31-19-32(42-22-40-20-35(42)41-31)34(45)18-27-14-15-38(3)24(2)29(21-43)8-5-9-30(27)38;3*1-2/h4-7,9,17,19-23,27,30H,8,10-16,18,39H2,1-3H3;3*1-2H3/t23?,27-,30?,38?;;;/m1.../s1. The highest BCUT2D eigenvalue weighted by atomic mass is 16.1. The molecule has 0 bridgehead atoms. The highest BCUT2D eigenvalue weighted by Crippen LogP contribution is 2.55. The zero-order valence-corrected chi connectivity index (χ0v) is 32.9. The van der Waals surface area contributed by atoms with Gasteiger partial charge in [-0.3, -0.25) is 23.6 Å². The van der Waals surface area contributed by atoms with E-state index in [1.54, 1.807) is 23.0 Å². The Balaban J connectivity index is 0.00000116. The molecule has 1 fully saturated rings. The van der Waals surface area contributed by atoms with Crippen molar-refractivity contribution in [3.8, 4) is 0 Å². The Kier molecular flexibility index (Phi) is 15.7. The lowest BCUT2D eigenvalue weighted by Gasteiger charge is -2.33. The van der Waals surface area contributed by atoms with E-state index in [4.69, 9.17) is 5.73 Å². The molecule has 3 unspecified atom stereocenters. The van der Waals surface area contributed by atoms with Crippen molar-refractivity contribution in [1.29, 1.82) is 0 Å². The minimum Gasteiger partial charge on any atom is -0.396 e. The molecule has 0 saturated heterocycles. The number of aryl methyl sites for hydroxylation is 2. The molecule has 8 heteroatoms. The molecule has 3 aliphatic carbocycles. The smallest absolute Gasteiger partial charge is 0.181 e. The monoisotopic (exact) mass is 708 g/mol. The molecular weight excluding hydrogens is 649 g/mol. The van der Waals surface area contributed by atoms with Crippen LogP contribution < -0.4 is 5.73 Å². The topological polar surface area (TPSA) is 124 Å². The quantitative estimate of drug-likeness (QED) is 0.120. The summed E-state index contributed by atoms with van der Waals surface area (Å²) in [7, 11) is 0. The summed E-state index contributed by atoms with van der Waals surface area (Å²) >= 11 is 0. The van der Waals surface area contributed by atoms with Gasteiger partial charge in [-0.1, -0.05) is 97.4 Å². The number of fused-ring (bicyclic) bond motifs is 2. The molecule has 1 saturated carbocycles. The van der Waals surface area contributed by atoms with Crippen molar-refractivity contribution < 1.29 is 19.2 Å². The van der Waals surface area contributed by atoms with Crippen molar-refractivity contribution in [3.63, 3.8) is 0 Å². The lowest BCUT2D eigenvalue weighted by Crippen LogP contribution is -2.26. The molecule has 3 aromatic rings. The van der Waals surface area contributed by atoms with Crippen LogP contribution in [0.3, 0.4) is 0 Å². The number of aromatic nitrogens is 3. The number of hydrogen-bond donors (Lipinski definition) is 1. The second-order valence-electron chi connectivity index (χ2n) is 13.6. The largest absolute Gasteiger partial charge is 0.396 e. The highest BCUT2D eigenvalue weighted by Gasteiger charge is 2.46. The van der Waals surface area contributed by atoms with Crippen LogP contribution in [-0.4, -0.2) is 38.0 Å². The number of benzene rings is 1. The van der Waals surface area contributed by atoms with Gasteiger partial charge in [-0.05, 0) is 97.5 Å². The molecule has 0 spiro atoms. The fourth-order valence-electron chi connectivity index (χ4n) is 7.87. The van der Waals surface area contributed by atoms with Crippen molar-refractivity contribution in [2.45, 2.75) is 120 Å². The van der Waals surface area contributed by atoms with Crippen LogP contribution in [-0.2, 0) is 22.4 Å². The van der Waals surface area contributed by atoms with E-state index in [2.05, 4.69) is 48.1 Å². The minimum atomic E-state index is -0.145. The summed E-state index contributed by atoms with van der Waals surface area (Å²) in [6.45, 7) is 18.2. The Morgan fingerprint density at radius 1 is 1.02 bits per heavy atom. The highest BCUT2D eigenvalue weighted by molar-refractivity contribution is 6.00. The van der Waals surface area contributed by atoms with E-state index in [9.17, 15) is 19.2 Å². The molecule has 3 aliphatic rings. The molecule has 280 valence electrons. The van der Waals surface area contributed by atoms with Crippen LogP contribution in [0.1, 0.15) is 139 Å². The first-order chi connectivity index (χ1) is 25.1. The molecule has 1 aromatic carbocycles. The molecule has 6 rings (SSSR count). The zero-order valence-electron chi connectivity index (χ0n) is 32.9. The third-order valence-electron chi connectivity index (χ3n) is 10.8. The molecular formula is C44H60N4O4. The normalized spacial score (nSPS) is 22.0. The zero-order chi connectivity index (χ0) is 38.6. The van der Waals surface area contributed by atoms with Gasteiger partial charge >= 0.3 is 0 Å². The van der Waals surface area contributed by atoms with Crippen LogP contribution in [0.15, 0.2) is 77.4 Å². The molecule has 2 aromatic heterocycles. The lowest BCUT2D eigenvalue weighted by molar-refractivity contribution is -0.117. The van der Waals surface area contributed by atoms with E-state index >= 15 is 0 Å². The molecule has 2 heterocycles. The van der Waals surface area contributed by atoms with E-state index in [1.165, 1.54) is 0 Å². The molecule has 8 nitrogen and oxygen atoms in total. The van der Waals surface area contributed by atoms with Crippen LogP contribution in [0.4, 0.5) is 0 Å². The number of nitrogens with two attached hydrogens (primary N) is 1.